The average Bonchev–Trinajstić information content (AvgIpc) is 3.21. The van der Waals surface area contributed by atoms with Crippen LogP contribution in [0.1, 0.15) is 29.8 Å². The fourth-order valence-electron chi connectivity index (χ4n) is 3.85. The van der Waals surface area contributed by atoms with E-state index in [2.05, 4.69) is 37.9 Å². The number of aromatic nitrogens is 2. The number of nitrogens with one attached hydrogen (secondary N) is 1. The number of likely N-dealkylation sites (tertiary alicyclic amines) is 1. The Balaban J connectivity index is 1.36. The third-order valence-electron chi connectivity index (χ3n) is 4.94. The van der Waals surface area contributed by atoms with E-state index in [0.717, 1.165) is 44.0 Å². The minimum atomic E-state index is 0.00526. The number of aryl methyl sites for hydroxylation is 1. The number of anilines is 1. The number of hydrogen-bond donors (Lipinski definition) is 1. The van der Waals surface area contributed by atoms with Gasteiger partial charge in [-0.3, -0.25) is 4.90 Å². The second-order valence-electron chi connectivity index (χ2n) is 6.99. The number of piperidine rings is 1. The summed E-state index contributed by atoms with van der Waals surface area (Å²) in [5.74, 6) is 0.845. The van der Waals surface area contributed by atoms with Crippen molar-refractivity contribution in [2.75, 3.05) is 25.0 Å². The van der Waals surface area contributed by atoms with Crippen molar-refractivity contribution in [1.82, 2.24) is 15.1 Å². The van der Waals surface area contributed by atoms with Gasteiger partial charge in [-0.1, -0.05) is 6.07 Å². The largest absolute Gasteiger partial charge is 0.371 e. The van der Waals surface area contributed by atoms with Gasteiger partial charge in [0.15, 0.2) is 0 Å². The highest BCUT2D eigenvalue weighted by atomic mass is 32.1. The molecule has 0 bridgehead atoms. The van der Waals surface area contributed by atoms with Crippen LogP contribution in [-0.4, -0.2) is 46.4 Å². The third kappa shape index (κ3) is 3.61. The number of ether oxygens (including phenoxy) is 1. The molecule has 4 rings (SSSR count). The molecule has 0 amide bonds. The Morgan fingerprint density at radius 3 is 3.12 bits per heavy atom. The van der Waals surface area contributed by atoms with Crippen LogP contribution in [0.4, 0.5) is 5.82 Å². The van der Waals surface area contributed by atoms with Crippen molar-refractivity contribution < 1.29 is 4.74 Å². The predicted octanol–water partition coefficient (Wildman–Crippen LogP) is 3.08. The normalized spacial score (nSPS) is 27.6. The maximum absolute atomic E-state index is 6.29. The standard InChI is InChI=1S/C18H24N4OS/c1-14-5-6-17(21-20-14)19-15-10-18(23-12-15)7-3-8-22(13-18)11-16-4-2-9-24-16/h2,4-6,9,15H,3,7-8,10-13H2,1H3,(H,19,21)/t15-,18+/m0/s1. The van der Waals surface area contributed by atoms with Gasteiger partial charge in [-0.15, -0.1) is 16.4 Å². The molecule has 1 N–H and O–H groups in total. The lowest BCUT2D eigenvalue weighted by Crippen LogP contribution is -2.47. The van der Waals surface area contributed by atoms with E-state index in [1.165, 1.54) is 17.8 Å². The Morgan fingerprint density at radius 2 is 2.33 bits per heavy atom. The zero-order valence-corrected chi connectivity index (χ0v) is 14.9. The van der Waals surface area contributed by atoms with Crippen molar-refractivity contribution in [2.45, 2.75) is 44.4 Å². The molecule has 2 fully saturated rings. The first-order chi connectivity index (χ1) is 11.7. The van der Waals surface area contributed by atoms with Crippen molar-refractivity contribution in [3.05, 3.63) is 40.2 Å². The topological polar surface area (TPSA) is 50.3 Å². The van der Waals surface area contributed by atoms with Crippen molar-refractivity contribution in [1.29, 1.82) is 0 Å². The lowest BCUT2D eigenvalue weighted by molar-refractivity contribution is -0.0531. The van der Waals surface area contributed by atoms with Crippen LogP contribution in [0.25, 0.3) is 0 Å². The van der Waals surface area contributed by atoms with E-state index in [-0.39, 0.29) is 5.60 Å². The lowest BCUT2D eigenvalue weighted by atomic mass is 9.88. The predicted molar refractivity (Wildman–Crippen MR) is 96.3 cm³/mol. The molecule has 2 aliphatic rings. The second-order valence-corrected chi connectivity index (χ2v) is 8.03. The van der Waals surface area contributed by atoms with Crippen LogP contribution in [0.15, 0.2) is 29.6 Å². The van der Waals surface area contributed by atoms with Crippen molar-refractivity contribution in [3.8, 4) is 0 Å². The van der Waals surface area contributed by atoms with Crippen LogP contribution in [0, 0.1) is 6.92 Å². The van der Waals surface area contributed by atoms with E-state index in [9.17, 15) is 0 Å². The Hall–Kier alpha value is -1.50. The second kappa shape index (κ2) is 6.78. The maximum Gasteiger partial charge on any atom is 0.148 e. The summed E-state index contributed by atoms with van der Waals surface area (Å²) in [6.07, 6.45) is 3.41. The minimum absolute atomic E-state index is 0.00526. The SMILES string of the molecule is Cc1ccc(N[C@@H]2CO[C@]3(CCCN(Cc4cccs4)C3)C2)nn1. The first-order valence-corrected chi connectivity index (χ1v) is 9.54. The van der Waals surface area contributed by atoms with Gasteiger partial charge in [0.25, 0.3) is 0 Å². The molecule has 0 aliphatic carbocycles. The highest BCUT2D eigenvalue weighted by Gasteiger charge is 2.43. The first kappa shape index (κ1) is 16.0. The number of thiophene rings is 1. The van der Waals surface area contributed by atoms with Gasteiger partial charge in [-0.25, -0.2) is 0 Å². The van der Waals surface area contributed by atoms with Crippen molar-refractivity contribution in [3.63, 3.8) is 0 Å². The summed E-state index contributed by atoms with van der Waals surface area (Å²) in [5, 5.41) is 14.0. The first-order valence-electron chi connectivity index (χ1n) is 8.66. The summed E-state index contributed by atoms with van der Waals surface area (Å²) < 4.78 is 6.29. The van der Waals surface area contributed by atoms with Gasteiger partial charge < -0.3 is 10.1 Å². The third-order valence-corrected chi connectivity index (χ3v) is 5.80. The van der Waals surface area contributed by atoms with Crippen LogP contribution >= 0.6 is 11.3 Å². The molecular weight excluding hydrogens is 320 g/mol. The molecule has 0 radical (unpaired) electrons. The molecule has 2 atom stereocenters. The Morgan fingerprint density at radius 1 is 1.38 bits per heavy atom. The molecule has 128 valence electrons. The summed E-state index contributed by atoms with van der Waals surface area (Å²) in [6, 6.07) is 8.67. The zero-order chi connectivity index (χ0) is 16.4. The highest BCUT2D eigenvalue weighted by Crippen LogP contribution is 2.36. The van der Waals surface area contributed by atoms with E-state index >= 15 is 0 Å². The van der Waals surface area contributed by atoms with Crippen molar-refractivity contribution in [2.24, 2.45) is 0 Å². The summed E-state index contributed by atoms with van der Waals surface area (Å²) in [6.45, 7) is 5.95. The van der Waals surface area contributed by atoms with Gasteiger partial charge >= 0.3 is 0 Å². The monoisotopic (exact) mass is 344 g/mol. The van der Waals surface area contributed by atoms with Gasteiger partial charge in [-0.05, 0) is 49.9 Å². The van der Waals surface area contributed by atoms with E-state index in [1.54, 1.807) is 0 Å². The quantitative estimate of drug-likeness (QED) is 0.924. The van der Waals surface area contributed by atoms with E-state index in [0.29, 0.717) is 6.04 Å². The summed E-state index contributed by atoms with van der Waals surface area (Å²) in [4.78, 5) is 3.98. The molecule has 0 aromatic carbocycles. The lowest BCUT2D eigenvalue weighted by Gasteiger charge is -2.39. The van der Waals surface area contributed by atoms with E-state index in [4.69, 9.17) is 4.74 Å². The van der Waals surface area contributed by atoms with E-state index in [1.807, 2.05) is 30.4 Å². The molecule has 24 heavy (non-hydrogen) atoms. The number of nitrogens with zero attached hydrogens (tertiary/aromatic N) is 3. The van der Waals surface area contributed by atoms with Crippen LogP contribution in [0.2, 0.25) is 0 Å². The minimum Gasteiger partial charge on any atom is -0.371 e. The smallest absolute Gasteiger partial charge is 0.148 e. The van der Waals surface area contributed by atoms with Gasteiger partial charge in [0, 0.05) is 24.4 Å². The maximum atomic E-state index is 6.29. The summed E-state index contributed by atoms with van der Waals surface area (Å²) in [5.41, 5.74) is 0.946. The van der Waals surface area contributed by atoms with Crippen LogP contribution in [0.3, 0.4) is 0 Å². The molecule has 2 aliphatic heterocycles. The Bertz CT molecular complexity index is 660. The van der Waals surface area contributed by atoms with Gasteiger partial charge in [0.05, 0.1) is 23.9 Å². The van der Waals surface area contributed by atoms with Gasteiger partial charge in [0.1, 0.15) is 5.82 Å². The van der Waals surface area contributed by atoms with Gasteiger partial charge in [-0.2, -0.15) is 5.10 Å². The molecule has 5 nitrogen and oxygen atoms in total. The molecule has 6 heteroatoms. The molecular formula is C18H24N4OS. The highest BCUT2D eigenvalue weighted by molar-refractivity contribution is 7.09. The molecule has 2 saturated heterocycles. The van der Waals surface area contributed by atoms with Crippen LogP contribution in [-0.2, 0) is 11.3 Å². The molecule has 4 heterocycles. The average molecular weight is 344 g/mol. The van der Waals surface area contributed by atoms with E-state index < -0.39 is 0 Å². The molecule has 0 unspecified atom stereocenters. The number of rotatable bonds is 4. The van der Waals surface area contributed by atoms with Crippen LogP contribution in [0.5, 0.6) is 0 Å². The molecule has 0 saturated carbocycles. The van der Waals surface area contributed by atoms with Gasteiger partial charge in [0.2, 0.25) is 0 Å². The Kier molecular flexibility index (Phi) is 4.52. The fraction of sp³-hybridized carbons (Fsp3) is 0.556. The number of hydrogen-bond acceptors (Lipinski definition) is 6. The molecule has 2 aromatic heterocycles. The summed E-state index contributed by atoms with van der Waals surface area (Å²) in [7, 11) is 0. The molecule has 2 aromatic rings. The fourth-order valence-corrected chi connectivity index (χ4v) is 4.60. The van der Waals surface area contributed by atoms with Crippen LogP contribution < -0.4 is 5.32 Å². The summed E-state index contributed by atoms with van der Waals surface area (Å²) >= 11 is 1.84. The molecule has 1 spiro atoms. The van der Waals surface area contributed by atoms with Crippen molar-refractivity contribution >= 4 is 17.2 Å². The zero-order valence-electron chi connectivity index (χ0n) is 14.1. The Labute approximate surface area is 147 Å².